The van der Waals surface area contributed by atoms with Crippen molar-refractivity contribution in [2.24, 2.45) is 0 Å². The molecule has 8 heteroatoms. The summed E-state index contributed by atoms with van der Waals surface area (Å²) in [7, 11) is 1.42. The van der Waals surface area contributed by atoms with Crippen molar-refractivity contribution < 1.29 is 29.0 Å². The molecule has 0 bridgehead atoms. The van der Waals surface area contributed by atoms with E-state index in [0.717, 1.165) is 4.90 Å². The Labute approximate surface area is 154 Å². The van der Waals surface area contributed by atoms with E-state index >= 15 is 0 Å². The number of hydrogen-bond acceptors (Lipinski definition) is 5. The lowest BCUT2D eigenvalue weighted by molar-refractivity contribution is -0.139. The van der Waals surface area contributed by atoms with Gasteiger partial charge in [-0.2, -0.15) is 0 Å². The van der Waals surface area contributed by atoms with Crippen LogP contribution in [0.3, 0.4) is 0 Å². The summed E-state index contributed by atoms with van der Waals surface area (Å²) in [6.45, 7) is -0.503. The Kier molecular flexibility index (Phi) is 5.07. The number of anilines is 1. The van der Waals surface area contributed by atoms with Gasteiger partial charge < -0.3 is 19.9 Å². The molecule has 1 aliphatic rings. The number of carbonyl (C=O) groups excluding carboxylic acids is 2. The second-order valence-electron chi connectivity index (χ2n) is 5.56. The molecular formula is C19H16N2O6. The topological polar surface area (TPSA) is 105 Å². The first-order valence-corrected chi connectivity index (χ1v) is 7.94. The van der Waals surface area contributed by atoms with E-state index in [1.165, 1.54) is 19.3 Å². The smallest absolute Gasteiger partial charge is 0.341 e. The van der Waals surface area contributed by atoms with E-state index in [1.54, 1.807) is 42.5 Å². The van der Waals surface area contributed by atoms with Crippen LogP contribution >= 0.6 is 0 Å². The average molecular weight is 368 g/mol. The molecule has 2 N–H and O–H groups in total. The SMILES string of the molecule is COc1cc(/C=C2/NC(=O)N(c3ccccc3)C2=O)ccc1OCC(=O)O. The van der Waals surface area contributed by atoms with Crippen LogP contribution in [0.2, 0.25) is 0 Å². The van der Waals surface area contributed by atoms with Crippen molar-refractivity contribution in [1.82, 2.24) is 5.32 Å². The van der Waals surface area contributed by atoms with Crippen molar-refractivity contribution in [3.05, 3.63) is 59.8 Å². The normalized spacial score (nSPS) is 15.0. The number of nitrogens with one attached hydrogen (secondary N) is 1. The number of carboxylic acids is 1. The quantitative estimate of drug-likeness (QED) is 0.599. The zero-order valence-corrected chi connectivity index (χ0v) is 14.3. The van der Waals surface area contributed by atoms with E-state index < -0.39 is 24.5 Å². The number of rotatable bonds is 6. The van der Waals surface area contributed by atoms with E-state index in [4.69, 9.17) is 14.6 Å². The van der Waals surface area contributed by atoms with E-state index in [-0.39, 0.29) is 11.4 Å². The van der Waals surface area contributed by atoms with E-state index in [0.29, 0.717) is 17.0 Å². The Balaban J connectivity index is 1.85. The molecule has 1 aliphatic heterocycles. The lowest BCUT2D eigenvalue weighted by Gasteiger charge is -2.11. The molecule has 2 aromatic carbocycles. The van der Waals surface area contributed by atoms with E-state index in [9.17, 15) is 14.4 Å². The second kappa shape index (κ2) is 7.61. The summed E-state index contributed by atoms with van der Waals surface area (Å²) in [5.74, 6) is -1.02. The fourth-order valence-corrected chi connectivity index (χ4v) is 2.55. The molecule has 0 aromatic heterocycles. The van der Waals surface area contributed by atoms with Crippen molar-refractivity contribution >= 4 is 29.7 Å². The van der Waals surface area contributed by atoms with Crippen LogP contribution in [0.5, 0.6) is 11.5 Å². The molecule has 0 spiro atoms. The molecule has 3 rings (SSSR count). The molecule has 1 heterocycles. The number of aliphatic carboxylic acids is 1. The highest BCUT2D eigenvalue weighted by molar-refractivity contribution is 6.28. The Bertz CT molecular complexity index is 923. The zero-order chi connectivity index (χ0) is 19.4. The van der Waals surface area contributed by atoms with Gasteiger partial charge in [0, 0.05) is 0 Å². The molecule has 0 unspecified atom stereocenters. The third kappa shape index (κ3) is 3.90. The number of imide groups is 1. The van der Waals surface area contributed by atoms with Gasteiger partial charge in [0.1, 0.15) is 5.70 Å². The van der Waals surface area contributed by atoms with Crippen molar-refractivity contribution in [1.29, 1.82) is 0 Å². The van der Waals surface area contributed by atoms with Crippen LogP contribution in [0.25, 0.3) is 6.08 Å². The minimum absolute atomic E-state index is 0.116. The van der Waals surface area contributed by atoms with Crippen molar-refractivity contribution in [3.63, 3.8) is 0 Å². The summed E-state index contributed by atoms with van der Waals surface area (Å²) < 4.78 is 10.3. The number of carboxylic acid groups (broad SMARTS) is 1. The van der Waals surface area contributed by atoms with Gasteiger partial charge in [0.05, 0.1) is 12.8 Å². The largest absolute Gasteiger partial charge is 0.493 e. The van der Waals surface area contributed by atoms with Crippen molar-refractivity contribution in [2.75, 3.05) is 18.6 Å². The zero-order valence-electron chi connectivity index (χ0n) is 14.3. The molecule has 8 nitrogen and oxygen atoms in total. The number of hydrogen-bond donors (Lipinski definition) is 2. The number of amides is 3. The Morgan fingerprint density at radius 2 is 1.89 bits per heavy atom. The molecule has 138 valence electrons. The standard InChI is InChI=1S/C19H16N2O6/c1-26-16-10-12(7-8-15(16)27-11-17(22)23)9-14-18(24)21(19(25)20-14)13-5-3-2-4-6-13/h2-10H,11H2,1H3,(H,20,25)(H,22,23)/b14-9+. The number of benzene rings is 2. The first-order valence-electron chi connectivity index (χ1n) is 7.94. The predicted molar refractivity (Wildman–Crippen MR) is 96.6 cm³/mol. The molecule has 3 amide bonds. The first-order chi connectivity index (χ1) is 13.0. The molecule has 0 saturated carbocycles. The molecule has 0 radical (unpaired) electrons. The highest BCUT2D eigenvalue weighted by atomic mass is 16.5. The maximum atomic E-state index is 12.6. The van der Waals surface area contributed by atoms with E-state index in [1.807, 2.05) is 0 Å². The summed E-state index contributed by atoms with van der Waals surface area (Å²) in [4.78, 5) is 36.4. The summed E-state index contributed by atoms with van der Waals surface area (Å²) in [6, 6.07) is 12.8. The molecule has 0 aliphatic carbocycles. The van der Waals surface area contributed by atoms with Gasteiger partial charge in [-0.1, -0.05) is 24.3 Å². The highest BCUT2D eigenvalue weighted by Crippen LogP contribution is 2.29. The third-order valence-corrected chi connectivity index (χ3v) is 3.74. The Hall–Kier alpha value is -3.81. The number of carbonyl (C=O) groups is 3. The summed E-state index contributed by atoms with van der Waals surface area (Å²) in [5, 5.41) is 11.2. The Morgan fingerprint density at radius 3 is 2.56 bits per heavy atom. The first kappa shape index (κ1) is 18.0. The Morgan fingerprint density at radius 1 is 1.15 bits per heavy atom. The maximum absolute atomic E-state index is 12.6. The predicted octanol–water partition coefficient (Wildman–Crippen LogP) is 2.26. The van der Waals surface area contributed by atoms with Gasteiger partial charge in [0.2, 0.25) is 0 Å². The van der Waals surface area contributed by atoms with Gasteiger partial charge in [-0.05, 0) is 35.9 Å². The highest BCUT2D eigenvalue weighted by Gasteiger charge is 2.34. The lowest BCUT2D eigenvalue weighted by atomic mass is 10.1. The van der Waals surface area contributed by atoms with Gasteiger partial charge in [-0.15, -0.1) is 0 Å². The average Bonchev–Trinajstić information content (AvgIpc) is 2.94. The van der Waals surface area contributed by atoms with Gasteiger partial charge in [-0.3, -0.25) is 4.79 Å². The molecule has 1 saturated heterocycles. The lowest BCUT2D eigenvalue weighted by Crippen LogP contribution is -2.30. The molecular weight excluding hydrogens is 352 g/mol. The molecule has 1 fully saturated rings. The van der Waals surface area contributed by atoms with Gasteiger partial charge in [0.25, 0.3) is 5.91 Å². The van der Waals surface area contributed by atoms with Gasteiger partial charge >= 0.3 is 12.0 Å². The van der Waals surface area contributed by atoms with Crippen LogP contribution in [0, 0.1) is 0 Å². The van der Waals surface area contributed by atoms with Gasteiger partial charge in [0.15, 0.2) is 18.1 Å². The van der Waals surface area contributed by atoms with Crippen LogP contribution < -0.4 is 19.7 Å². The third-order valence-electron chi connectivity index (χ3n) is 3.74. The van der Waals surface area contributed by atoms with Crippen LogP contribution in [0.1, 0.15) is 5.56 Å². The van der Waals surface area contributed by atoms with Crippen LogP contribution in [-0.4, -0.2) is 36.7 Å². The van der Waals surface area contributed by atoms with Crippen molar-refractivity contribution in [3.8, 4) is 11.5 Å². The second-order valence-corrected chi connectivity index (χ2v) is 5.56. The minimum atomic E-state index is -1.11. The number of urea groups is 1. The minimum Gasteiger partial charge on any atom is -0.493 e. The monoisotopic (exact) mass is 368 g/mol. The number of methoxy groups -OCH3 is 1. The van der Waals surface area contributed by atoms with Gasteiger partial charge in [-0.25, -0.2) is 14.5 Å². The number of para-hydroxylation sites is 1. The fraction of sp³-hybridized carbons (Fsp3) is 0.105. The van der Waals surface area contributed by atoms with Crippen molar-refractivity contribution in [2.45, 2.75) is 0 Å². The van der Waals surface area contributed by atoms with E-state index in [2.05, 4.69) is 5.32 Å². The summed E-state index contributed by atoms with van der Waals surface area (Å²) >= 11 is 0. The van der Waals surface area contributed by atoms with Crippen LogP contribution in [0.4, 0.5) is 10.5 Å². The summed E-state index contributed by atoms with van der Waals surface area (Å²) in [5.41, 5.74) is 1.16. The number of nitrogens with zero attached hydrogens (tertiary/aromatic N) is 1. The fourth-order valence-electron chi connectivity index (χ4n) is 2.55. The molecule has 0 atom stereocenters. The van der Waals surface area contributed by atoms with Crippen LogP contribution in [0.15, 0.2) is 54.2 Å². The van der Waals surface area contributed by atoms with Crippen LogP contribution in [-0.2, 0) is 9.59 Å². The summed E-state index contributed by atoms with van der Waals surface area (Å²) in [6.07, 6.45) is 1.51. The maximum Gasteiger partial charge on any atom is 0.341 e. The molecule has 2 aromatic rings. The molecule has 27 heavy (non-hydrogen) atoms. The number of ether oxygens (including phenoxy) is 2.